The van der Waals surface area contributed by atoms with Gasteiger partial charge in [0.15, 0.2) is 16.4 Å². The molecule has 2 aromatic rings. The van der Waals surface area contributed by atoms with Crippen molar-refractivity contribution in [2.24, 2.45) is 0 Å². The molecule has 0 aromatic heterocycles. The van der Waals surface area contributed by atoms with E-state index in [2.05, 4.69) is 5.32 Å². The lowest BCUT2D eigenvalue weighted by atomic mass is 10.2. The van der Waals surface area contributed by atoms with Crippen LogP contribution in [0, 0.1) is 0 Å². The number of sulfone groups is 1. The molecule has 0 saturated carbocycles. The maximum absolute atomic E-state index is 12.4. The Morgan fingerprint density at radius 3 is 2.32 bits per heavy atom. The van der Waals surface area contributed by atoms with Crippen molar-refractivity contribution in [3.8, 4) is 5.75 Å². The standard InChI is InChI=1S/C16H14F3NO4S/c1-25(22,23)14-4-2-3-12(9-14)20-15(21)10-24-13-7-5-11(6-8-13)16(17,18)19/h2-9H,10H2,1H3,(H,20,21). The average molecular weight is 373 g/mol. The summed E-state index contributed by atoms with van der Waals surface area (Å²) in [6.45, 7) is -0.436. The maximum Gasteiger partial charge on any atom is 0.416 e. The average Bonchev–Trinajstić information content (AvgIpc) is 2.52. The molecule has 0 fully saturated rings. The monoisotopic (exact) mass is 373 g/mol. The third kappa shape index (κ3) is 5.49. The van der Waals surface area contributed by atoms with Crippen molar-refractivity contribution < 1.29 is 31.1 Å². The molecule has 5 nitrogen and oxygen atoms in total. The number of alkyl halides is 3. The summed E-state index contributed by atoms with van der Waals surface area (Å²) in [6, 6.07) is 9.59. The second-order valence-corrected chi connectivity index (χ2v) is 7.17. The summed E-state index contributed by atoms with van der Waals surface area (Å²) >= 11 is 0. The zero-order valence-corrected chi connectivity index (χ0v) is 13.8. The Balaban J connectivity index is 1.95. The molecule has 2 rings (SSSR count). The number of amides is 1. The first-order chi connectivity index (χ1) is 11.6. The minimum absolute atomic E-state index is 0.0500. The van der Waals surface area contributed by atoms with Gasteiger partial charge in [0.2, 0.25) is 0 Å². The fraction of sp³-hybridized carbons (Fsp3) is 0.188. The topological polar surface area (TPSA) is 72.5 Å². The Hall–Kier alpha value is -2.55. The van der Waals surface area contributed by atoms with E-state index in [1.54, 1.807) is 0 Å². The van der Waals surface area contributed by atoms with E-state index in [0.29, 0.717) is 0 Å². The third-order valence-electron chi connectivity index (χ3n) is 3.10. The first-order valence-corrected chi connectivity index (χ1v) is 8.85. The predicted octanol–water partition coefficient (Wildman–Crippen LogP) is 3.13. The summed E-state index contributed by atoms with van der Waals surface area (Å²) < 4.78 is 65.4. The summed E-state index contributed by atoms with van der Waals surface area (Å²) in [7, 11) is -3.41. The minimum Gasteiger partial charge on any atom is -0.484 e. The Kier molecular flexibility index (Phi) is 5.36. The van der Waals surface area contributed by atoms with Crippen molar-refractivity contribution >= 4 is 21.4 Å². The number of benzene rings is 2. The number of anilines is 1. The number of halogens is 3. The molecule has 0 aliphatic heterocycles. The Morgan fingerprint density at radius 1 is 1.12 bits per heavy atom. The van der Waals surface area contributed by atoms with Crippen molar-refractivity contribution in [2.45, 2.75) is 11.1 Å². The van der Waals surface area contributed by atoms with Gasteiger partial charge in [-0.3, -0.25) is 4.79 Å². The molecule has 0 saturated heterocycles. The zero-order valence-electron chi connectivity index (χ0n) is 13.0. The molecule has 1 N–H and O–H groups in total. The maximum atomic E-state index is 12.4. The molecule has 134 valence electrons. The number of carbonyl (C=O) groups is 1. The molecule has 25 heavy (non-hydrogen) atoms. The van der Waals surface area contributed by atoms with Crippen LogP contribution in [0.15, 0.2) is 53.4 Å². The van der Waals surface area contributed by atoms with Gasteiger partial charge in [-0.05, 0) is 42.5 Å². The number of rotatable bonds is 5. The molecule has 1 amide bonds. The number of nitrogens with one attached hydrogen (secondary N) is 1. The van der Waals surface area contributed by atoms with Crippen LogP contribution in [0.5, 0.6) is 5.75 Å². The zero-order chi connectivity index (χ0) is 18.7. The second kappa shape index (κ2) is 7.14. The lowest BCUT2D eigenvalue weighted by Crippen LogP contribution is -2.20. The van der Waals surface area contributed by atoms with Crippen LogP contribution in [0.1, 0.15) is 5.56 Å². The van der Waals surface area contributed by atoms with Crippen LogP contribution < -0.4 is 10.1 Å². The molecule has 0 atom stereocenters. The first kappa shape index (κ1) is 18.8. The SMILES string of the molecule is CS(=O)(=O)c1cccc(NC(=O)COc2ccc(C(F)(F)F)cc2)c1. The van der Waals surface area contributed by atoms with Gasteiger partial charge in [-0.15, -0.1) is 0 Å². The predicted molar refractivity (Wildman–Crippen MR) is 85.1 cm³/mol. The van der Waals surface area contributed by atoms with Crippen molar-refractivity contribution in [1.82, 2.24) is 0 Å². The van der Waals surface area contributed by atoms with E-state index in [4.69, 9.17) is 4.74 Å². The van der Waals surface area contributed by atoms with Crippen molar-refractivity contribution in [1.29, 1.82) is 0 Å². The van der Waals surface area contributed by atoms with Crippen LogP contribution in [0.2, 0.25) is 0 Å². The van der Waals surface area contributed by atoms with Crippen LogP contribution >= 0.6 is 0 Å². The number of carbonyl (C=O) groups excluding carboxylic acids is 1. The molecule has 0 heterocycles. The lowest BCUT2D eigenvalue weighted by Gasteiger charge is -2.10. The summed E-state index contributed by atoms with van der Waals surface area (Å²) in [6.07, 6.45) is -3.40. The third-order valence-corrected chi connectivity index (χ3v) is 4.21. The van der Waals surface area contributed by atoms with Gasteiger partial charge >= 0.3 is 6.18 Å². The minimum atomic E-state index is -4.44. The van der Waals surface area contributed by atoms with Gasteiger partial charge in [-0.25, -0.2) is 8.42 Å². The molecular weight excluding hydrogens is 359 g/mol. The van der Waals surface area contributed by atoms with Crippen molar-refractivity contribution in [3.63, 3.8) is 0 Å². The Morgan fingerprint density at radius 2 is 1.76 bits per heavy atom. The summed E-state index contributed by atoms with van der Waals surface area (Å²) in [4.78, 5) is 11.9. The van der Waals surface area contributed by atoms with Crippen LogP contribution in [0.4, 0.5) is 18.9 Å². The molecule has 0 unspecified atom stereocenters. The van der Waals surface area contributed by atoms with E-state index in [9.17, 15) is 26.4 Å². The lowest BCUT2D eigenvalue weighted by molar-refractivity contribution is -0.137. The molecule has 2 aromatic carbocycles. The van der Waals surface area contributed by atoms with E-state index < -0.39 is 34.1 Å². The van der Waals surface area contributed by atoms with Crippen LogP contribution in [-0.4, -0.2) is 27.2 Å². The summed E-state index contributed by atoms with van der Waals surface area (Å²) in [5.41, 5.74) is -0.550. The van der Waals surface area contributed by atoms with Gasteiger partial charge in [0, 0.05) is 11.9 Å². The Bertz CT molecular complexity index is 862. The van der Waals surface area contributed by atoms with Gasteiger partial charge < -0.3 is 10.1 Å². The number of ether oxygens (including phenoxy) is 1. The number of hydrogen-bond donors (Lipinski definition) is 1. The number of hydrogen-bond acceptors (Lipinski definition) is 4. The second-order valence-electron chi connectivity index (χ2n) is 5.16. The van der Waals surface area contributed by atoms with E-state index in [0.717, 1.165) is 30.5 Å². The van der Waals surface area contributed by atoms with Gasteiger partial charge in [0.05, 0.1) is 10.5 Å². The van der Waals surface area contributed by atoms with Gasteiger partial charge in [0.1, 0.15) is 5.75 Å². The summed E-state index contributed by atoms with van der Waals surface area (Å²) in [5, 5.41) is 2.45. The molecule has 0 aliphatic carbocycles. The van der Waals surface area contributed by atoms with Crippen LogP contribution in [0.25, 0.3) is 0 Å². The highest BCUT2D eigenvalue weighted by atomic mass is 32.2. The van der Waals surface area contributed by atoms with E-state index in [1.165, 1.54) is 24.3 Å². The molecule has 0 spiro atoms. The fourth-order valence-corrected chi connectivity index (χ4v) is 2.56. The highest BCUT2D eigenvalue weighted by molar-refractivity contribution is 7.90. The Labute approximate surface area is 142 Å². The van der Waals surface area contributed by atoms with Crippen LogP contribution in [-0.2, 0) is 20.8 Å². The first-order valence-electron chi connectivity index (χ1n) is 6.96. The van der Waals surface area contributed by atoms with Gasteiger partial charge in [-0.2, -0.15) is 13.2 Å². The van der Waals surface area contributed by atoms with E-state index in [1.807, 2.05) is 0 Å². The summed E-state index contributed by atoms with van der Waals surface area (Å²) in [5.74, 6) is -0.474. The molecule has 9 heteroatoms. The highest BCUT2D eigenvalue weighted by Gasteiger charge is 2.30. The quantitative estimate of drug-likeness (QED) is 0.874. The van der Waals surface area contributed by atoms with Crippen LogP contribution in [0.3, 0.4) is 0 Å². The van der Waals surface area contributed by atoms with Crippen molar-refractivity contribution in [2.75, 3.05) is 18.2 Å². The van der Waals surface area contributed by atoms with Crippen molar-refractivity contribution in [3.05, 3.63) is 54.1 Å². The van der Waals surface area contributed by atoms with Gasteiger partial charge in [-0.1, -0.05) is 6.07 Å². The highest BCUT2D eigenvalue weighted by Crippen LogP contribution is 2.30. The van der Waals surface area contributed by atoms with Gasteiger partial charge in [0.25, 0.3) is 5.91 Å². The van der Waals surface area contributed by atoms with E-state index >= 15 is 0 Å². The molecule has 0 radical (unpaired) electrons. The molecule has 0 aliphatic rings. The fourth-order valence-electron chi connectivity index (χ4n) is 1.89. The molecule has 0 bridgehead atoms. The smallest absolute Gasteiger partial charge is 0.416 e. The van der Waals surface area contributed by atoms with E-state index in [-0.39, 0.29) is 16.3 Å². The normalized spacial score (nSPS) is 11.8. The largest absolute Gasteiger partial charge is 0.484 e. The molecular formula is C16H14F3NO4S.